The average Bonchev–Trinajstić information content (AvgIpc) is 2.74. The summed E-state index contributed by atoms with van der Waals surface area (Å²) in [5.41, 5.74) is 1.11. The van der Waals surface area contributed by atoms with E-state index in [0.717, 1.165) is 35.7 Å². The summed E-state index contributed by atoms with van der Waals surface area (Å²) in [4.78, 5) is 10.9. The molecule has 1 aromatic heterocycles. The fraction of sp³-hybridized carbons (Fsp3) is 0.714. The minimum Gasteiger partial charge on any atom is -0.356 e. The summed E-state index contributed by atoms with van der Waals surface area (Å²) in [6.07, 6.45) is 2.43. The first-order chi connectivity index (χ1) is 9.02. The van der Waals surface area contributed by atoms with Gasteiger partial charge in [0.05, 0.1) is 17.2 Å². The van der Waals surface area contributed by atoms with Gasteiger partial charge in [0.15, 0.2) is 5.96 Å². The van der Waals surface area contributed by atoms with E-state index in [1.807, 2.05) is 21.0 Å². The lowest BCUT2D eigenvalue weighted by molar-refractivity contribution is 0.465. The molecule has 4 nitrogen and oxygen atoms in total. The van der Waals surface area contributed by atoms with Gasteiger partial charge in [0.2, 0.25) is 0 Å². The third-order valence-corrected chi connectivity index (χ3v) is 3.70. The number of nitrogens with zero attached hydrogens (tertiary/aromatic N) is 3. The Morgan fingerprint density at radius 1 is 1.53 bits per heavy atom. The number of aryl methyl sites for hydroxylation is 1. The van der Waals surface area contributed by atoms with Crippen LogP contribution in [0.2, 0.25) is 0 Å². The molecule has 1 heterocycles. The first kappa shape index (κ1) is 16.0. The van der Waals surface area contributed by atoms with Crippen molar-refractivity contribution < 1.29 is 0 Å². The molecule has 0 amide bonds. The van der Waals surface area contributed by atoms with Crippen molar-refractivity contribution in [3.8, 4) is 0 Å². The van der Waals surface area contributed by atoms with Crippen LogP contribution in [0, 0.1) is 12.8 Å². The smallest absolute Gasteiger partial charge is 0.193 e. The maximum absolute atomic E-state index is 4.48. The van der Waals surface area contributed by atoms with Crippen molar-refractivity contribution in [3.63, 3.8) is 0 Å². The van der Waals surface area contributed by atoms with Gasteiger partial charge in [-0.15, -0.1) is 11.3 Å². The number of hydrogen-bond donors (Lipinski definition) is 1. The molecule has 0 unspecified atom stereocenters. The summed E-state index contributed by atoms with van der Waals surface area (Å²) in [5, 5.41) is 6.63. The highest BCUT2D eigenvalue weighted by Crippen LogP contribution is 2.09. The van der Waals surface area contributed by atoms with Gasteiger partial charge in [-0.1, -0.05) is 13.8 Å². The Morgan fingerprint density at radius 3 is 2.79 bits per heavy atom. The molecular formula is C14H26N4S. The molecule has 0 aliphatic rings. The van der Waals surface area contributed by atoms with Crippen LogP contribution >= 0.6 is 11.3 Å². The molecule has 0 fully saturated rings. The Kier molecular flexibility index (Phi) is 6.84. The van der Waals surface area contributed by atoms with Gasteiger partial charge in [-0.25, -0.2) is 4.98 Å². The van der Waals surface area contributed by atoms with E-state index >= 15 is 0 Å². The van der Waals surface area contributed by atoms with Crippen LogP contribution in [0.4, 0.5) is 0 Å². The second-order valence-corrected chi connectivity index (χ2v) is 6.29. The van der Waals surface area contributed by atoms with Crippen LogP contribution in [0.5, 0.6) is 0 Å². The standard InChI is InChI=1S/C14H26N4S/c1-11(2)7-6-8-16-14(15-4)18(5)9-13-10-19-12(3)17-13/h10-11H,6-9H2,1-5H3,(H,15,16). The lowest BCUT2D eigenvalue weighted by Crippen LogP contribution is -2.39. The number of hydrogen-bond acceptors (Lipinski definition) is 3. The Morgan fingerprint density at radius 2 is 2.26 bits per heavy atom. The monoisotopic (exact) mass is 282 g/mol. The fourth-order valence-electron chi connectivity index (χ4n) is 1.89. The lowest BCUT2D eigenvalue weighted by atomic mass is 10.1. The van der Waals surface area contributed by atoms with Crippen molar-refractivity contribution in [2.24, 2.45) is 10.9 Å². The predicted octanol–water partition coefficient (Wildman–Crippen LogP) is 2.89. The molecule has 19 heavy (non-hydrogen) atoms. The van der Waals surface area contributed by atoms with Gasteiger partial charge in [-0.2, -0.15) is 0 Å². The normalized spacial score (nSPS) is 12.0. The average molecular weight is 282 g/mol. The van der Waals surface area contributed by atoms with Gasteiger partial charge in [0.25, 0.3) is 0 Å². The van der Waals surface area contributed by atoms with Crippen LogP contribution in [0.1, 0.15) is 37.4 Å². The second kappa shape index (κ2) is 8.15. The first-order valence-electron chi connectivity index (χ1n) is 6.85. The summed E-state index contributed by atoms with van der Waals surface area (Å²) in [5.74, 6) is 1.70. The fourth-order valence-corrected chi connectivity index (χ4v) is 2.50. The quantitative estimate of drug-likeness (QED) is 0.495. The number of guanidine groups is 1. The van der Waals surface area contributed by atoms with E-state index in [2.05, 4.69) is 39.4 Å². The van der Waals surface area contributed by atoms with Crippen LogP contribution in [-0.4, -0.2) is 36.5 Å². The van der Waals surface area contributed by atoms with Gasteiger partial charge in [-0.3, -0.25) is 4.99 Å². The number of aliphatic imine (C=N–C) groups is 1. The van der Waals surface area contributed by atoms with Crippen LogP contribution in [0.25, 0.3) is 0 Å². The highest BCUT2D eigenvalue weighted by Gasteiger charge is 2.08. The van der Waals surface area contributed by atoms with Gasteiger partial charge in [0, 0.05) is 26.0 Å². The number of aromatic nitrogens is 1. The van der Waals surface area contributed by atoms with Crippen LogP contribution in [0.15, 0.2) is 10.4 Å². The van der Waals surface area contributed by atoms with Gasteiger partial charge >= 0.3 is 0 Å². The van der Waals surface area contributed by atoms with Crippen molar-refractivity contribution in [1.29, 1.82) is 0 Å². The van der Waals surface area contributed by atoms with E-state index in [4.69, 9.17) is 0 Å². The molecule has 1 rings (SSSR count). The van der Waals surface area contributed by atoms with Crippen molar-refractivity contribution >= 4 is 17.3 Å². The minimum atomic E-state index is 0.763. The van der Waals surface area contributed by atoms with Crippen molar-refractivity contribution in [3.05, 3.63) is 16.1 Å². The molecule has 1 aromatic rings. The predicted molar refractivity (Wildman–Crippen MR) is 83.8 cm³/mol. The van der Waals surface area contributed by atoms with Crippen LogP contribution < -0.4 is 5.32 Å². The van der Waals surface area contributed by atoms with Gasteiger partial charge in [0.1, 0.15) is 0 Å². The molecule has 0 spiro atoms. The molecule has 0 aromatic carbocycles. The highest BCUT2D eigenvalue weighted by atomic mass is 32.1. The Balaban J connectivity index is 2.37. The lowest BCUT2D eigenvalue weighted by Gasteiger charge is -2.21. The summed E-state index contributed by atoms with van der Waals surface area (Å²) in [6.45, 7) is 8.32. The summed E-state index contributed by atoms with van der Waals surface area (Å²) in [7, 11) is 3.88. The van der Waals surface area contributed by atoms with Gasteiger partial charge in [-0.05, 0) is 25.7 Å². The Hall–Kier alpha value is -1.10. The molecule has 108 valence electrons. The van der Waals surface area contributed by atoms with E-state index in [1.165, 1.54) is 12.8 Å². The van der Waals surface area contributed by atoms with E-state index in [-0.39, 0.29) is 0 Å². The number of rotatable bonds is 6. The summed E-state index contributed by atoms with van der Waals surface area (Å²) >= 11 is 1.69. The zero-order valence-electron chi connectivity index (χ0n) is 12.7. The molecule has 1 N–H and O–H groups in total. The van der Waals surface area contributed by atoms with Crippen molar-refractivity contribution in [2.45, 2.75) is 40.2 Å². The van der Waals surface area contributed by atoms with E-state index in [1.54, 1.807) is 11.3 Å². The third kappa shape index (κ3) is 6.05. The first-order valence-corrected chi connectivity index (χ1v) is 7.73. The van der Waals surface area contributed by atoms with E-state index in [0.29, 0.717) is 0 Å². The molecular weight excluding hydrogens is 256 g/mol. The largest absolute Gasteiger partial charge is 0.356 e. The molecule has 0 aliphatic carbocycles. The molecule has 0 saturated carbocycles. The molecule has 0 saturated heterocycles. The number of nitrogens with one attached hydrogen (secondary N) is 1. The van der Waals surface area contributed by atoms with Crippen molar-refractivity contribution in [2.75, 3.05) is 20.6 Å². The molecule has 0 radical (unpaired) electrons. The molecule has 0 aliphatic heterocycles. The van der Waals surface area contributed by atoms with Crippen molar-refractivity contribution in [1.82, 2.24) is 15.2 Å². The maximum atomic E-state index is 4.48. The van der Waals surface area contributed by atoms with Crippen LogP contribution in [-0.2, 0) is 6.54 Å². The zero-order valence-corrected chi connectivity index (χ0v) is 13.5. The Bertz CT molecular complexity index is 398. The third-order valence-electron chi connectivity index (χ3n) is 2.88. The summed E-state index contributed by atoms with van der Waals surface area (Å²) in [6, 6.07) is 0. The Labute approximate surface area is 121 Å². The minimum absolute atomic E-state index is 0.763. The maximum Gasteiger partial charge on any atom is 0.193 e. The molecule has 5 heteroatoms. The summed E-state index contributed by atoms with van der Waals surface area (Å²) < 4.78 is 0. The van der Waals surface area contributed by atoms with Crippen LogP contribution in [0.3, 0.4) is 0 Å². The van der Waals surface area contributed by atoms with Gasteiger partial charge < -0.3 is 10.2 Å². The molecule has 0 atom stereocenters. The van der Waals surface area contributed by atoms with E-state index < -0.39 is 0 Å². The zero-order chi connectivity index (χ0) is 14.3. The second-order valence-electron chi connectivity index (χ2n) is 5.22. The number of thiazole rings is 1. The SMILES string of the molecule is CN=C(NCCCC(C)C)N(C)Cc1csc(C)n1. The topological polar surface area (TPSA) is 40.5 Å². The molecule has 0 bridgehead atoms. The highest BCUT2D eigenvalue weighted by molar-refractivity contribution is 7.09. The van der Waals surface area contributed by atoms with E-state index in [9.17, 15) is 0 Å².